The average molecular weight is 380 g/mol. The predicted octanol–water partition coefficient (Wildman–Crippen LogP) is 2.46. The Balaban J connectivity index is 1.79. The van der Waals surface area contributed by atoms with Crippen molar-refractivity contribution in [1.82, 2.24) is 20.4 Å². The Morgan fingerprint density at radius 2 is 1.88 bits per heavy atom. The molecule has 6 heteroatoms. The lowest BCUT2D eigenvalue weighted by molar-refractivity contribution is 0.109. The van der Waals surface area contributed by atoms with Crippen molar-refractivity contribution in [2.45, 2.75) is 33.2 Å². The number of guanidine groups is 1. The summed E-state index contributed by atoms with van der Waals surface area (Å²) in [6.07, 6.45) is 0.888. The first-order chi connectivity index (χ1) is 12.6. The molecule has 2 N–H and O–H groups in total. The highest BCUT2D eigenvalue weighted by Gasteiger charge is 2.19. The second-order valence-corrected chi connectivity index (χ2v) is 7.21. The third-order valence-corrected chi connectivity index (χ3v) is 5.35. The zero-order chi connectivity index (χ0) is 18.8. The molecular weight excluding hydrogens is 346 g/mol. The van der Waals surface area contributed by atoms with Crippen molar-refractivity contribution in [2.24, 2.45) is 4.99 Å². The number of likely N-dealkylation sites (N-methyl/N-ethyl adjacent to an activating group) is 1. The molecule has 1 heterocycles. The molecule has 0 amide bonds. The molecule has 1 fully saturated rings. The summed E-state index contributed by atoms with van der Waals surface area (Å²) in [7, 11) is 0. The van der Waals surface area contributed by atoms with Gasteiger partial charge in [0.25, 0.3) is 0 Å². The summed E-state index contributed by atoms with van der Waals surface area (Å²) < 4.78 is 0. The number of hydrogen-bond donors (Lipinski definition) is 2. The topological polar surface area (TPSA) is 42.9 Å². The molecule has 0 aliphatic carbocycles. The molecule has 1 unspecified atom stereocenters. The first-order valence-corrected chi connectivity index (χ1v) is 10.2. The molecule has 0 bridgehead atoms. The second-order valence-electron chi connectivity index (χ2n) is 6.81. The highest BCUT2D eigenvalue weighted by Crippen LogP contribution is 2.14. The first-order valence-electron chi connectivity index (χ1n) is 9.86. The lowest BCUT2D eigenvalue weighted by Gasteiger charge is -2.37. The van der Waals surface area contributed by atoms with E-state index in [2.05, 4.69) is 47.3 Å². The van der Waals surface area contributed by atoms with Crippen LogP contribution in [0.5, 0.6) is 0 Å². The summed E-state index contributed by atoms with van der Waals surface area (Å²) in [5.74, 6) is 0.888. The highest BCUT2D eigenvalue weighted by molar-refractivity contribution is 6.31. The molecule has 1 aromatic rings. The van der Waals surface area contributed by atoms with E-state index in [-0.39, 0.29) is 0 Å². The van der Waals surface area contributed by atoms with Crippen LogP contribution in [0.15, 0.2) is 29.3 Å². The van der Waals surface area contributed by atoms with Crippen LogP contribution in [0.1, 0.15) is 26.3 Å². The third kappa shape index (κ3) is 6.78. The van der Waals surface area contributed by atoms with Gasteiger partial charge in [-0.2, -0.15) is 0 Å². The second kappa shape index (κ2) is 11.4. The van der Waals surface area contributed by atoms with Crippen LogP contribution in [-0.2, 0) is 6.42 Å². The Labute approximate surface area is 163 Å². The number of rotatable bonds is 8. The Hall–Kier alpha value is -1.30. The SMILES string of the molecule is CCNC(=NCC(C)N1CCN(CC)CC1)NCCc1ccccc1Cl. The lowest BCUT2D eigenvalue weighted by Crippen LogP contribution is -2.50. The van der Waals surface area contributed by atoms with E-state index in [1.807, 2.05) is 18.2 Å². The van der Waals surface area contributed by atoms with Crippen molar-refractivity contribution in [3.63, 3.8) is 0 Å². The smallest absolute Gasteiger partial charge is 0.191 e. The van der Waals surface area contributed by atoms with Gasteiger partial charge in [0.05, 0.1) is 6.54 Å². The quantitative estimate of drug-likeness (QED) is 0.538. The number of benzene rings is 1. The molecule has 1 aliphatic heterocycles. The largest absolute Gasteiger partial charge is 0.357 e. The van der Waals surface area contributed by atoms with Crippen LogP contribution >= 0.6 is 11.6 Å². The molecule has 0 radical (unpaired) electrons. The Kier molecular flexibility index (Phi) is 9.23. The predicted molar refractivity (Wildman–Crippen MR) is 112 cm³/mol. The standard InChI is InChI=1S/C20H34ClN5/c1-4-22-20(23-11-10-18-8-6-7-9-19(18)21)24-16-17(3)26-14-12-25(5-2)13-15-26/h6-9,17H,4-5,10-16H2,1-3H3,(H2,22,23,24). The molecule has 146 valence electrons. The Morgan fingerprint density at radius 1 is 1.15 bits per heavy atom. The van der Waals surface area contributed by atoms with Crippen molar-refractivity contribution < 1.29 is 0 Å². The van der Waals surface area contributed by atoms with Crippen LogP contribution in [0.4, 0.5) is 0 Å². The number of nitrogens with one attached hydrogen (secondary N) is 2. The molecule has 2 rings (SSSR count). The number of hydrogen-bond acceptors (Lipinski definition) is 3. The van der Waals surface area contributed by atoms with E-state index in [1.54, 1.807) is 0 Å². The lowest BCUT2D eigenvalue weighted by atomic mass is 10.1. The maximum absolute atomic E-state index is 6.23. The summed E-state index contributed by atoms with van der Waals surface area (Å²) in [5, 5.41) is 7.59. The van der Waals surface area contributed by atoms with Crippen LogP contribution in [-0.4, -0.2) is 74.2 Å². The third-order valence-electron chi connectivity index (χ3n) is 4.98. The Bertz CT molecular complexity index is 555. The molecular formula is C20H34ClN5. The van der Waals surface area contributed by atoms with E-state index in [4.69, 9.17) is 16.6 Å². The zero-order valence-corrected chi connectivity index (χ0v) is 17.2. The van der Waals surface area contributed by atoms with Gasteiger partial charge in [0.1, 0.15) is 0 Å². The van der Waals surface area contributed by atoms with Crippen molar-refractivity contribution in [3.05, 3.63) is 34.9 Å². The van der Waals surface area contributed by atoms with E-state index in [1.165, 1.54) is 18.7 Å². The van der Waals surface area contributed by atoms with E-state index in [0.29, 0.717) is 6.04 Å². The summed E-state index contributed by atoms with van der Waals surface area (Å²) in [6.45, 7) is 14.9. The van der Waals surface area contributed by atoms with Crippen molar-refractivity contribution >= 4 is 17.6 Å². The number of nitrogens with zero attached hydrogens (tertiary/aromatic N) is 3. The minimum atomic E-state index is 0.466. The van der Waals surface area contributed by atoms with Gasteiger partial charge >= 0.3 is 0 Å². The molecule has 0 saturated carbocycles. The van der Waals surface area contributed by atoms with E-state index in [0.717, 1.165) is 56.7 Å². The molecule has 5 nitrogen and oxygen atoms in total. The Morgan fingerprint density at radius 3 is 2.54 bits per heavy atom. The fourth-order valence-corrected chi connectivity index (χ4v) is 3.45. The van der Waals surface area contributed by atoms with E-state index >= 15 is 0 Å². The van der Waals surface area contributed by atoms with E-state index in [9.17, 15) is 0 Å². The molecule has 0 spiro atoms. The minimum Gasteiger partial charge on any atom is -0.357 e. The van der Waals surface area contributed by atoms with Crippen molar-refractivity contribution in [1.29, 1.82) is 0 Å². The number of piperazine rings is 1. The molecule has 0 aromatic heterocycles. The van der Waals surface area contributed by atoms with Crippen molar-refractivity contribution in [2.75, 3.05) is 52.4 Å². The van der Waals surface area contributed by atoms with Gasteiger partial charge in [-0.3, -0.25) is 9.89 Å². The monoisotopic (exact) mass is 379 g/mol. The summed E-state index contributed by atoms with van der Waals surface area (Å²) >= 11 is 6.23. The van der Waals surface area contributed by atoms with E-state index < -0.39 is 0 Å². The fraction of sp³-hybridized carbons (Fsp3) is 0.650. The van der Waals surface area contributed by atoms with Gasteiger partial charge in [-0.05, 0) is 38.4 Å². The minimum absolute atomic E-state index is 0.466. The van der Waals surface area contributed by atoms with Crippen molar-refractivity contribution in [3.8, 4) is 0 Å². The van der Waals surface area contributed by atoms with Crippen LogP contribution < -0.4 is 10.6 Å². The molecule has 1 atom stereocenters. The summed E-state index contributed by atoms with van der Waals surface area (Å²) in [5.41, 5.74) is 1.17. The van der Waals surface area contributed by atoms with Crippen LogP contribution in [0.2, 0.25) is 5.02 Å². The highest BCUT2D eigenvalue weighted by atomic mass is 35.5. The van der Waals surface area contributed by atoms with Crippen LogP contribution in [0.3, 0.4) is 0 Å². The zero-order valence-electron chi connectivity index (χ0n) is 16.5. The van der Waals surface area contributed by atoms with Crippen LogP contribution in [0, 0.1) is 0 Å². The normalized spacial score (nSPS) is 17.9. The molecule has 1 aliphatic rings. The maximum atomic E-state index is 6.23. The van der Waals surface area contributed by atoms with Gasteiger partial charge in [0, 0.05) is 50.3 Å². The summed E-state index contributed by atoms with van der Waals surface area (Å²) in [6, 6.07) is 8.47. The fourth-order valence-electron chi connectivity index (χ4n) is 3.22. The first kappa shape index (κ1) is 21.0. The van der Waals surface area contributed by atoms with Gasteiger partial charge in [-0.15, -0.1) is 0 Å². The van der Waals surface area contributed by atoms with Gasteiger partial charge in [0.2, 0.25) is 0 Å². The van der Waals surface area contributed by atoms with Gasteiger partial charge in [-0.1, -0.05) is 36.7 Å². The molecule has 26 heavy (non-hydrogen) atoms. The maximum Gasteiger partial charge on any atom is 0.191 e. The van der Waals surface area contributed by atoms with Crippen LogP contribution in [0.25, 0.3) is 0 Å². The summed E-state index contributed by atoms with van der Waals surface area (Å²) in [4.78, 5) is 9.84. The number of aliphatic imine (C=N–C) groups is 1. The number of halogens is 1. The average Bonchev–Trinajstić information content (AvgIpc) is 2.67. The molecule has 1 saturated heterocycles. The van der Waals surface area contributed by atoms with Gasteiger partial charge < -0.3 is 15.5 Å². The molecule has 1 aromatic carbocycles. The van der Waals surface area contributed by atoms with Gasteiger partial charge in [-0.25, -0.2) is 0 Å². The van der Waals surface area contributed by atoms with Gasteiger partial charge in [0.15, 0.2) is 5.96 Å².